The van der Waals surface area contributed by atoms with Crippen LogP contribution in [-0.2, 0) is 0 Å². The third-order valence-corrected chi connectivity index (χ3v) is 4.72. The summed E-state index contributed by atoms with van der Waals surface area (Å²) in [4.78, 5) is 11.7. The molecule has 1 aliphatic carbocycles. The summed E-state index contributed by atoms with van der Waals surface area (Å²) in [7, 11) is 0. The van der Waals surface area contributed by atoms with Gasteiger partial charge >= 0.3 is 0 Å². The predicted molar refractivity (Wildman–Crippen MR) is 83.3 cm³/mol. The van der Waals surface area contributed by atoms with Crippen LogP contribution in [0, 0.1) is 12.8 Å². The van der Waals surface area contributed by atoms with E-state index in [9.17, 15) is 0 Å². The molecule has 3 rings (SSSR count). The van der Waals surface area contributed by atoms with Gasteiger partial charge in [0.15, 0.2) is 0 Å². The van der Waals surface area contributed by atoms with E-state index < -0.39 is 0 Å². The maximum absolute atomic E-state index is 4.71. The van der Waals surface area contributed by atoms with E-state index in [1.807, 2.05) is 6.92 Å². The first kappa shape index (κ1) is 13.7. The number of rotatable bonds is 3. The Labute approximate surface area is 122 Å². The minimum atomic E-state index is 0.710. The van der Waals surface area contributed by atoms with Crippen LogP contribution in [-0.4, -0.2) is 29.1 Å². The van der Waals surface area contributed by atoms with Crippen molar-refractivity contribution in [3.8, 4) is 0 Å². The highest BCUT2D eigenvalue weighted by Crippen LogP contribution is 2.37. The van der Waals surface area contributed by atoms with Crippen LogP contribution in [0.1, 0.15) is 51.3 Å². The second-order valence-corrected chi connectivity index (χ2v) is 6.14. The van der Waals surface area contributed by atoms with E-state index in [2.05, 4.69) is 28.2 Å². The zero-order valence-corrected chi connectivity index (χ0v) is 12.7. The fraction of sp³-hybridized carbons (Fsp3) is 0.750. The molecule has 1 aromatic rings. The molecule has 0 bridgehead atoms. The van der Waals surface area contributed by atoms with E-state index >= 15 is 0 Å². The van der Waals surface area contributed by atoms with Gasteiger partial charge in [0.2, 0.25) is 0 Å². The Morgan fingerprint density at radius 3 is 2.85 bits per heavy atom. The van der Waals surface area contributed by atoms with Crippen molar-refractivity contribution in [2.45, 2.75) is 58.4 Å². The highest BCUT2D eigenvalue weighted by atomic mass is 15.2. The first-order chi connectivity index (χ1) is 9.78. The van der Waals surface area contributed by atoms with Crippen molar-refractivity contribution in [3.63, 3.8) is 0 Å². The highest BCUT2D eigenvalue weighted by Gasteiger charge is 2.34. The summed E-state index contributed by atoms with van der Waals surface area (Å²) >= 11 is 0. The van der Waals surface area contributed by atoms with E-state index in [4.69, 9.17) is 4.98 Å². The van der Waals surface area contributed by atoms with E-state index in [0.717, 1.165) is 36.5 Å². The van der Waals surface area contributed by atoms with Crippen molar-refractivity contribution in [2.75, 3.05) is 23.3 Å². The summed E-state index contributed by atoms with van der Waals surface area (Å²) in [6.07, 6.45) is 8.25. The molecule has 20 heavy (non-hydrogen) atoms. The van der Waals surface area contributed by atoms with E-state index in [1.54, 1.807) is 0 Å². The maximum atomic E-state index is 4.71. The molecule has 4 nitrogen and oxygen atoms in total. The Bertz CT molecular complexity index is 458. The molecule has 2 fully saturated rings. The number of fused-ring (bicyclic) bond motifs is 1. The third kappa shape index (κ3) is 2.74. The van der Waals surface area contributed by atoms with Crippen LogP contribution in [0.25, 0.3) is 0 Å². The topological polar surface area (TPSA) is 41.0 Å². The number of hydrogen-bond donors (Lipinski definition) is 1. The lowest BCUT2D eigenvalue weighted by Gasteiger charge is -2.44. The largest absolute Gasteiger partial charge is 0.370 e. The second-order valence-electron chi connectivity index (χ2n) is 6.14. The molecule has 110 valence electrons. The summed E-state index contributed by atoms with van der Waals surface area (Å²) in [6, 6.07) is 2.84. The lowest BCUT2D eigenvalue weighted by Crippen LogP contribution is -2.47. The molecule has 1 saturated heterocycles. The summed E-state index contributed by atoms with van der Waals surface area (Å²) in [6.45, 7) is 6.16. The van der Waals surface area contributed by atoms with Crippen LogP contribution < -0.4 is 10.2 Å². The van der Waals surface area contributed by atoms with Gasteiger partial charge in [-0.05, 0) is 45.4 Å². The van der Waals surface area contributed by atoms with Gasteiger partial charge < -0.3 is 10.2 Å². The molecule has 1 aromatic heterocycles. The zero-order chi connectivity index (χ0) is 13.9. The highest BCUT2D eigenvalue weighted by molar-refractivity contribution is 5.50. The van der Waals surface area contributed by atoms with Gasteiger partial charge in [-0.15, -0.1) is 0 Å². The molecular weight excluding hydrogens is 248 g/mol. The monoisotopic (exact) mass is 274 g/mol. The molecule has 1 N–H and O–H groups in total. The number of nitrogens with zero attached hydrogens (tertiary/aromatic N) is 3. The first-order valence-electron chi connectivity index (χ1n) is 8.14. The summed E-state index contributed by atoms with van der Waals surface area (Å²) in [5.41, 5.74) is 0. The maximum Gasteiger partial charge on any atom is 0.134 e. The van der Waals surface area contributed by atoms with Gasteiger partial charge in [0.05, 0.1) is 0 Å². The SMILES string of the molecule is CCNc1cc(N2CCCC3CCCCC32)nc(C)n1. The molecular formula is C16H26N4. The second kappa shape index (κ2) is 5.98. The van der Waals surface area contributed by atoms with Crippen LogP contribution in [0.15, 0.2) is 6.07 Å². The van der Waals surface area contributed by atoms with Crippen molar-refractivity contribution in [3.05, 3.63) is 11.9 Å². The Morgan fingerprint density at radius 2 is 2.00 bits per heavy atom. The first-order valence-corrected chi connectivity index (χ1v) is 8.14. The number of aryl methyl sites for hydroxylation is 1. The zero-order valence-electron chi connectivity index (χ0n) is 12.7. The Morgan fingerprint density at radius 1 is 1.20 bits per heavy atom. The van der Waals surface area contributed by atoms with Crippen molar-refractivity contribution in [1.82, 2.24) is 9.97 Å². The number of hydrogen-bond acceptors (Lipinski definition) is 4. The van der Waals surface area contributed by atoms with Crippen molar-refractivity contribution < 1.29 is 0 Å². The van der Waals surface area contributed by atoms with Crippen molar-refractivity contribution in [2.24, 2.45) is 5.92 Å². The molecule has 2 atom stereocenters. The summed E-state index contributed by atoms with van der Waals surface area (Å²) in [5, 5.41) is 3.32. The van der Waals surface area contributed by atoms with Crippen LogP contribution in [0.3, 0.4) is 0 Å². The van der Waals surface area contributed by atoms with E-state index in [1.165, 1.54) is 38.5 Å². The fourth-order valence-electron chi connectivity index (χ4n) is 3.88. The fourth-order valence-corrected chi connectivity index (χ4v) is 3.88. The minimum Gasteiger partial charge on any atom is -0.370 e. The van der Waals surface area contributed by atoms with Gasteiger partial charge in [-0.1, -0.05) is 12.8 Å². The lowest BCUT2D eigenvalue weighted by atomic mass is 9.78. The van der Waals surface area contributed by atoms with Gasteiger partial charge in [0, 0.05) is 25.2 Å². The van der Waals surface area contributed by atoms with E-state index in [-0.39, 0.29) is 0 Å². The molecule has 2 aliphatic rings. The van der Waals surface area contributed by atoms with E-state index in [0.29, 0.717) is 6.04 Å². The van der Waals surface area contributed by atoms with Crippen LogP contribution >= 0.6 is 0 Å². The standard InChI is InChI=1S/C16H26N4/c1-3-17-15-11-16(19-12(2)18-15)20-10-6-8-13-7-4-5-9-14(13)20/h11,13-14H,3-10H2,1-2H3,(H,17,18,19). The molecule has 2 unspecified atom stereocenters. The molecule has 4 heteroatoms. The van der Waals surface area contributed by atoms with Crippen molar-refractivity contribution in [1.29, 1.82) is 0 Å². The summed E-state index contributed by atoms with van der Waals surface area (Å²) < 4.78 is 0. The molecule has 1 aliphatic heterocycles. The predicted octanol–water partition coefficient (Wildman–Crippen LogP) is 3.38. The average molecular weight is 274 g/mol. The number of piperidine rings is 1. The van der Waals surface area contributed by atoms with Crippen LogP contribution in [0.4, 0.5) is 11.6 Å². The summed E-state index contributed by atoms with van der Waals surface area (Å²) in [5.74, 6) is 3.85. The van der Waals surface area contributed by atoms with Crippen LogP contribution in [0.2, 0.25) is 0 Å². The number of nitrogens with one attached hydrogen (secondary N) is 1. The average Bonchev–Trinajstić information content (AvgIpc) is 2.46. The third-order valence-electron chi connectivity index (χ3n) is 4.72. The van der Waals surface area contributed by atoms with Gasteiger partial charge in [-0.2, -0.15) is 0 Å². The quantitative estimate of drug-likeness (QED) is 0.917. The normalized spacial score (nSPS) is 26.2. The van der Waals surface area contributed by atoms with Gasteiger partial charge in [0.25, 0.3) is 0 Å². The Hall–Kier alpha value is -1.32. The minimum absolute atomic E-state index is 0.710. The Balaban J connectivity index is 1.86. The molecule has 0 amide bonds. The molecule has 2 heterocycles. The molecule has 1 saturated carbocycles. The van der Waals surface area contributed by atoms with Crippen LogP contribution in [0.5, 0.6) is 0 Å². The Kier molecular flexibility index (Phi) is 4.08. The number of aromatic nitrogens is 2. The van der Waals surface area contributed by atoms with Gasteiger partial charge in [-0.3, -0.25) is 0 Å². The van der Waals surface area contributed by atoms with Gasteiger partial charge in [-0.25, -0.2) is 9.97 Å². The number of anilines is 2. The smallest absolute Gasteiger partial charge is 0.134 e. The molecule has 0 spiro atoms. The van der Waals surface area contributed by atoms with Crippen molar-refractivity contribution >= 4 is 11.6 Å². The molecule has 0 radical (unpaired) electrons. The lowest BCUT2D eigenvalue weighted by molar-refractivity contribution is 0.242. The van der Waals surface area contributed by atoms with Gasteiger partial charge in [0.1, 0.15) is 17.5 Å². The molecule has 0 aromatic carbocycles.